The predicted octanol–water partition coefficient (Wildman–Crippen LogP) is 8.05. The van der Waals surface area contributed by atoms with Crippen molar-refractivity contribution in [2.75, 3.05) is 0 Å². The van der Waals surface area contributed by atoms with Gasteiger partial charge < -0.3 is 14.7 Å². The number of hydrogen-bond donors (Lipinski definition) is 2. The fourth-order valence-corrected chi connectivity index (χ4v) is 5.97. The zero-order valence-electron chi connectivity index (χ0n) is 22.1. The molecule has 1 aliphatic heterocycles. The molecule has 3 aromatic heterocycles. The van der Waals surface area contributed by atoms with E-state index in [1.807, 2.05) is 12.4 Å². The number of pyridine rings is 1. The second kappa shape index (κ2) is 8.14. The summed E-state index contributed by atoms with van der Waals surface area (Å²) in [6.07, 6.45) is 4.65. The topological polar surface area (TPSA) is 79.5 Å². The van der Waals surface area contributed by atoms with E-state index >= 15 is 0 Å². The average Bonchev–Trinajstić information content (AvgIpc) is 3.62. The number of aryl methyl sites for hydroxylation is 1. The molecular weight excluding hydrogens is 482 g/mol. The van der Waals surface area contributed by atoms with Gasteiger partial charge in [0.15, 0.2) is 5.75 Å². The van der Waals surface area contributed by atoms with Crippen molar-refractivity contribution >= 4 is 43.6 Å². The standard InChI is InChI=1S/C33H27N5O/c1-4-28-36-29-23-8-6-19(14-25(23)22-11-12-34-15-26(22)30(29)37-28)18-5-7-21-20(13-18)16-39-32-24(21)9-10-27-31(32)38-33(35-27)17(2)3/h5-15,17H,4,16H2,1-3H3,(H,35,38)(H,36,37). The maximum absolute atomic E-state index is 6.34. The van der Waals surface area contributed by atoms with E-state index in [0.717, 1.165) is 56.8 Å². The smallest absolute Gasteiger partial charge is 0.155 e. The Labute approximate surface area is 225 Å². The summed E-state index contributed by atoms with van der Waals surface area (Å²) in [4.78, 5) is 21.1. The van der Waals surface area contributed by atoms with E-state index in [-0.39, 0.29) is 0 Å². The number of fused-ring (bicyclic) bond motifs is 11. The van der Waals surface area contributed by atoms with Gasteiger partial charge in [0.2, 0.25) is 0 Å². The molecular formula is C33H27N5O. The van der Waals surface area contributed by atoms with Crippen LogP contribution in [0.5, 0.6) is 5.75 Å². The molecule has 0 fully saturated rings. The van der Waals surface area contributed by atoms with E-state index in [2.05, 4.69) is 90.3 Å². The van der Waals surface area contributed by atoms with Gasteiger partial charge >= 0.3 is 0 Å². The van der Waals surface area contributed by atoms with Crippen LogP contribution in [0.2, 0.25) is 0 Å². The van der Waals surface area contributed by atoms with Crippen molar-refractivity contribution in [1.29, 1.82) is 0 Å². The average molecular weight is 510 g/mol. The highest BCUT2D eigenvalue weighted by Crippen LogP contribution is 2.43. The quantitative estimate of drug-likeness (QED) is 0.236. The molecule has 0 bridgehead atoms. The SMILES string of the molecule is CCc1nc2c3cnccc3c3cc(-c4ccc5c(c4)COc4c-5ccc5[nH]c(C(C)C)nc45)ccc3c2[nH]1. The first-order valence-corrected chi connectivity index (χ1v) is 13.6. The van der Waals surface area contributed by atoms with Gasteiger partial charge in [-0.3, -0.25) is 4.98 Å². The number of nitrogens with zero attached hydrogens (tertiary/aromatic N) is 3. The fraction of sp³-hybridized carbons (Fsp3) is 0.182. The van der Waals surface area contributed by atoms with Crippen LogP contribution in [-0.4, -0.2) is 24.9 Å². The Morgan fingerprint density at radius 3 is 2.54 bits per heavy atom. The van der Waals surface area contributed by atoms with Crippen molar-refractivity contribution in [1.82, 2.24) is 24.9 Å². The minimum Gasteiger partial charge on any atom is -0.486 e. The molecule has 4 heterocycles. The Hall–Kier alpha value is -4.71. The zero-order chi connectivity index (χ0) is 26.2. The molecule has 1 aliphatic rings. The first-order chi connectivity index (χ1) is 19.1. The summed E-state index contributed by atoms with van der Waals surface area (Å²) in [6, 6.07) is 19.8. The van der Waals surface area contributed by atoms with Crippen molar-refractivity contribution in [3.8, 4) is 28.0 Å². The maximum atomic E-state index is 6.34. The van der Waals surface area contributed by atoms with Crippen molar-refractivity contribution < 1.29 is 4.74 Å². The van der Waals surface area contributed by atoms with Crippen molar-refractivity contribution in [2.24, 2.45) is 0 Å². The second-order valence-corrected chi connectivity index (χ2v) is 10.7. The Bertz CT molecular complexity index is 2100. The van der Waals surface area contributed by atoms with Gasteiger partial charge in [0.1, 0.15) is 23.8 Å². The van der Waals surface area contributed by atoms with E-state index in [4.69, 9.17) is 14.7 Å². The van der Waals surface area contributed by atoms with Gasteiger partial charge in [0.05, 0.1) is 16.6 Å². The lowest BCUT2D eigenvalue weighted by Gasteiger charge is -2.22. The monoisotopic (exact) mass is 509 g/mol. The van der Waals surface area contributed by atoms with E-state index in [1.165, 1.54) is 38.4 Å². The van der Waals surface area contributed by atoms with Gasteiger partial charge in [-0.25, -0.2) is 9.97 Å². The molecule has 6 nitrogen and oxygen atoms in total. The lowest BCUT2D eigenvalue weighted by Crippen LogP contribution is -2.06. The molecule has 0 saturated heterocycles. The van der Waals surface area contributed by atoms with Crippen molar-refractivity contribution in [2.45, 2.75) is 39.7 Å². The van der Waals surface area contributed by atoms with Crippen LogP contribution < -0.4 is 4.74 Å². The summed E-state index contributed by atoms with van der Waals surface area (Å²) in [5, 5.41) is 4.62. The molecule has 7 aromatic rings. The van der Waals surface area contributed by atoms with Crippen LogP contribution in [0.4, 0.5) is 0 Å². The first-order valence-electron chi connectivity index (χ1n) is 13.6. The summed E-state index contributed by atoms with van der Waals surface area (Å²) in [7, 11) is 0. The molecule has 190 valence electrons. The Morgan fingerprint density at radius 1 is 0.821 bits per heavy atom. The highest BCUT2D eigenvalue weighted by Gasteiger charge is 2.23. The highest BCUT2D eigenvalue weighted by molar-refractivity contribution is 6.23. The van der Waals surface area contributed by atoms with E-state index in [9.17, 15) is 0 Å². The normalized spacial score (nSPS) is 12.9. The minimum atomic E-state index is 0.333. The summed E-state index contributed by atoms with van der Waals surface area (Å²) in [5.41, 5.74) is 9.85. The third-order valence-corrected chi connectivity index (χ3v) is 8.02. The predicted molar refractivity (Wildman–Crippen MR) is 157 cm³/mol. The third-order valence-electron chi connectivity index (χ3n) is 8.02. The third kappa shape index (κ3) is 3.24. The number of nitrogens with one attached hydrogen (secondary N) is 2. The molecule has 8 rings (SSSR count). The van der Waals surface area contributed by atoms with Crippen LogP contribution in [0.15, 0.2) is 67.0 Å². The molecule has 0 spiro atoms. The van der Waals surface area contributed by atoms with Gasteiger partial charge in [-0.15, -0.1) is 0 Å². The summed E-state index contributed by atoms with van der Waals surface area (Å²) >= 11 is 0. The molecule has 2 N–H and O–H groups in total. The number of benzene rings is 4. The zero-order valence-corrected chi connectivity index (χ0v) is 22.1. The summed E-state index contributed by atoms with van der Waals surface area (Å²) in [6.45, 7) is 6.94. The second-order valence-electron chi connectivity index (χ2n) is 10.7. The lowest BCUT2D eigenvalue weighted by atomic mass is 9.91. The molecule has 39 heavy (non-hydrogen) atoms. The number of ether oxygens (including phenoxy) is 1. The number of H-pyrrole nitrogens is 2. The van der Waals surface area contributed by atoms with Crippen LogP contribution in [0, 0.1) is 0 Å². The van der Waals surface area contributed by atoms with Crippen molar-refractivity contribution in [3.05, 3.63) is 84.2 Å². The van der Waals surface area contributed by atoms with E-state index in [1.54, 1.807) is 0 Å². The van der Waals surface area contributed by atoms with E-state index in [0.29, 0.717) is 12.5 Å². The van der Waals surface area contributed by atoms with Crippen LogP contribution in [0.1, 0.15) is 43.9 Å². The molecule has 6 heteroatoms. The largest absolute Gasteiger partial charge is 0.486 e. The van der Waals surface area contributed by atoms with Gasteiger partial charge in [0.25, 0.3) is 0 Å². The molecule has 0 atom stereocenters. The van der Waals surface area contributed by atoms with Gasteiger partial charge in [-0.05, 0) is 63.4 Å². The van der Waals surface area contributed by atoms with Crippen LogP contribution >= 0.6 is 0 Å². The Balaban J connectivity index is 1.27. The summed E-state index contributed by atoms with van der Waals surface area (Å²) in [5.74, 6) is 3.19. The van der Waals surface area contributed by atoms with Crippen LogP contribution in [0.25, 0.3) is 65.9 Å². The number of aromatic nitrogens is 5. The molecule has 4 aromatic carbocycles. The van der Waals surface area contributed by atoms with Crippen LogP contribution in [0.3, 0.4) is 0 Å². The minimum absolute atomic E-state index is 0.333. The molecule has 0 aliphatic carbocycles. The fourth-order valence-electron chi connectivity index (χ4n) is 5.97. The van der Waals surface area contributed by atoms with Gasteiger partial charge in [-0.2, -0.15) is 0 Å². The highest BCUT2D eigenvalue weighted by atomic mass is 16.5. The molecule has 0 radical (unpaired) electrons. The van der Waals surface area contributed by atoms with Crippen LogP contribution in [-0.2, 0) is 13.0 Å². The number of hydrogen-bond acceptors (Lipinski definition) is 4. The molecule has 0 saturated carbocycles. The molecule has 0 unspecified atom stereocenters. The number of aromatic amines is 2. The Kier molecular flexibility index (Phi) is 4.65. The first kappa shape index (κ1) is 22.3. The van der Waals surface area contributed by atoms with Gasteiger partial charge in [0, 0.05) is 41.1 Å². The van der Waals surface area contributed by atoms with E-state index < -0.39 is 0 Å². The lowest BCUT2D eigenvalue weighted by molar-refractivity contribution is 0.305. The number of imidazole rings is 2. The Morgan fingerprint density at radius 2 is 1.67 bits per heavy atom. The maximum Gasteiger partial charge on any atom is 0.155 e. The van der Waals surface area contributed by atoms with Gasteiger partial charge in [-0.1, -0.05) is 45.0 Å². The van der Waals surface area contributed by atoms with Crippen molar-refractivity contribution in [3.63, 3.8) is 0 Å². The molecule has 0 amide bonds. The summed E-state index contributed by atoms with van der Waals surface area (Å²) < 4.78 is 6.34. The number of rotatable bonds is 3.